The van der Waals surface area contributed by atoms with Gasteiger partial charge in [-0.1, -0.05) is 66.7 Å². The van der Waals surface area contributed by atoms with E-state index in [2.05, 4.69) is 34.9 Å². The van der Waals surface area contributed by atoms with Gasteiger partial charge in [-0.15, -0.1) is 11.8 Å². The van der Waals surface area contributed by atoms with Gasteiger partial charge in [0, 0.05) is 23.6 Å². The lowest BCUT2D eigenvalue weighted by molar-refractivity contribution is 0.829. The Labute approximate surface area is 151 Å². The molecule has 2 N–H and O–H groups in total. The van der Waals surface area contributed by atoms with Crippen LogP contribution in [0.1, 0.15) is 11.6 Å². The number of imidazole rings is 1. The first-order chi connectivity index (χ1) is 12.3. The monoisotopic (exact) mass is 345 g/mol. The smallest absolute Gasteiger partial charge is 0.138 e. The second-order valence-electron chi connectivity index (χ2n) is 5.89. The zero-order chi connectivity index (χ0) is 17.1. The number of hydrogen-bond acceptors (Lipinski definition) is 3. The van der Waals surface area contributed by atoms with Crippen LogP contribution in [0.3, 0.4) is 0 Å². The van der Waals surface area contributed by atoms with E-state index in [1.807, 2.05) is 54.6 Å². The van der Waals surface area contributed by atoms with Crippen molar-refractivity contribution in [2.24, 2.45) is 5.73 Å². The van der Waals surface area contributed by atoms with Crippen LogP contribution >= 0.6 is 11.8 Å². The number of fused-ring (bicyclic) bond motifs is 1. The Morgan fingerprint density at radius 3 is 2.32 bits per heavy atom. The maximum Gasteiger partial charge on any atom is 0.138 e. The summed E-state index contributed by atoms with van der Waals surface area (Å²) in [7, 11) is 0. The number of benzene rings is 2. The van der Waals surface area contributed by atoms with Crippen molar-refractivity contribution in [1.29, 1.82) is 0 Å². The van der Waals surface area contributed by atoms with E-state index in [-0.39, 0.29) is 6.04 Å². The second-order valence-corrected chi connectivity index (χ2v) is 6.90. The first-order valence-electron chi connectivity index (χ1n) is 8.29. The SMILES string of the molecule is NC(CSc1c(-c2ccccc2)nc2ccccn12)c1ccccc1. The summed E-state index contributed by atoms with van der Waals surface area (Å²) in [6, 6.07) is 26.6. The summed E-state index contributed by atoms with van der Waals surface area (Å²) in [6.07, 6.45) is 2.06. The Morgan fingerprint density at radius 1 is 0.880 bits per heavy atom. The van der Waals surface area contributed by atoms with E-state index in [4.69, 9.17) is 10.7 Å². The van der Waals surface area contributed by atoms with Crippen LogP contribution in [0.2, 0.25) is 0 Å². The molecular formula is C21H19N3S. The molecule has 0 aliphatic rings. The summed E-state index contributed by atoms with van der Waals surface area (Å²) in [4.78, 5) is 4.83. The largest absolute Gasteiger partial charge is 0.323 e. The predicted molar refractivity (Wildman–Crippen MR) is 105 cm³/mol. The lowest BCUT2D eigenvalue weighted by atomic mass is 10.1. The molecule has 0 spiro atoms. The molecular weight excluding hydrogens is 326 g/mol. The van der Waals surface area contributed by atoms with Gasteiger partial charge in [0.25, 0.3) is 0 Å². The van der Waals surface area contributed by atoms with Crippen molar-refractivity contribution in [3.8, 4) is 11.3 Å². The van der Waals surface area contributed by atoms with Crippen LogP contribution in [0, 0.1) is 0 Å². The van der Waals surface area contributed by atoms with Crippen molar-refractivity contribution in [3.05, 3.63) is 90.6 Å². The van der Waals surface area contributed by atoms with Crippen LogP contribution in [-0.2, 0) is 0 Å². The van der Waals surface area contributed by atoms with Gasteiger partial charge in [0.2, 0.25) is 0 Å². The maximum atomic E-state index is 6.39. The van der Waals surface area contributed by atoms with Gasteiger partial charge in [-0.25, -0.2) is 4.98 Å². The molecule has 1 atom stereocenters. The van der Waals surface area contributed by atoms with Crippen molar-refractivity contribution in [1.82, 2.24) is 9.38 Å². The lowest BCUT2D eigenvalue weighted by Crippen LogP contribution is -2.12. The van der Waals surface area contributed by atoms with Gasteiger partial charge in [0.05, 0.1) is 0 Å². The highest BCUT2D eigenvalue weighted by atomic mass is 32.2. The third-order valence-electron chi connectivity index (χ3n) is 4.16. The summed E-state index contributed by atoms with van der Waals surface area (Å²) in [5.41, 5.74) is 10.6. The Bertz CT molecular complexity index is 964. The minimum absolute atomic E-state index is 0.0101. The highest BCUT2D eigenvalue weighted by Crippen LogP contribution is 2.33. The van der Waals surface area contributed by atoms with Crippen molar-refractivity contribution in [2.45, 2.75) is 11.1 Å². The maximum absolute atomic E-state index is 6.39. The molecule has 0 amide bonds. The van der Waals surface area contributed by atoms with Gasteiger partial charge in [-0.05, 0) is 17.7 Å². The molecule has 124 valence electrons. The average molecular weight is 345 g/mol. The van der Waals surface area contributed by atoms with E-state index in [1.165, 1.54) is 0 Å². The number of nitrogens with two attached hydrogens (primary N) is 1. The number of rotatable bonds is 5. The normalized spacial score (nSPS) is 12.4. The average Bonchev–Trinajstić information content (AvgIpc) is 3.06. The third kappa shape index (κ3) is 3.31. The molecule has 0 saturated heterocycles. The van der Waals surface area contributed by atoms with Crippen LogP contribution in [0.5, 0.6) is 0 Å². The van der Waals surface area contributed by atoms with Crippen LogP contribution in [0.4, 0.5) is 0 Å². The Hall–Kier alpha value is -2.56. The highest BCUT2D eigenvalue weighted by molar-refractivity contribution is 7.99. The number of thioether (sulfide) groups is 1. The first kappa shape index (κ1) is 15.9. The zero-order valence-corrected chi connectivity index (χ0v) is 14.6. The topological polar surface area (TPSA) is 43.3 Å². The molecule has 0 aliphatic heterocycles. The molecule has 0 fully saturated rings. The fraction of sp³-hybridized carbons (Fsp3) is 0.0952. The van der Waals surface area contributed by atoms with E-state index in [9.17, 15) is 0 Å². The van der Waals surface area contributed by atoms with E-state index < -0.39 is 0 Å². The molecule has 4 rings (SSSR count). The molecule has 2 heterocycles. The molecule has 3 nitrogen and oxygen atoms in total. The molecule has 0 bridgehead atoms. The summed E-state index contributed by atoms with van der Waals surface area (Å²) >= 11 is 1.76. The fourth-order valence-corrected chi connectivity index (χ4v) is 3.98. The number of nitrogens with zero attached hydrogens (tertiary/aromatic N) is 2. The van der Waals surface area contributed by atoms with Crippen molar-refractivity contribution in [2.75, 3.05) is 5.75 Å². The van der Waals surface area contributed by atoms with Gasteiger partial charge in [0.15, 0.2) is 0 Å². The summed E-state index contributed by atoms with van der Waals surface area (Å²) in [5.74, 6) is 0.798. The number of pyridine rings is 1. The molecule has 2 aromatic heterocycles. The molecule has 1 unspecified atom stereocenters. The quantitative estimate of drug-likeness (QED) is 0.529. The molecule has 4 heteroatoms. The van der Waals surface area contributed by atoms with E-state index in [1.54, 1.807) is 11.8 Å². The van der Waals surface area contributed by atoms with Gasteiger partial charge < -0.3 is 5.73 Å². The van der Waals surface area contributed by atoms with Gasteiger partial charge >= 0.3 is 0 Å². The number of aromatic nitrogens is 2. The Kier molecular flexibility index (Phi) is 4.55. The molecule has 0 radical (unpaired) electrons. The van der Waals surface area contributed by atoms with E-state index >= 15 is 0 Å². The second kappa shape index (κ2) is 7.13. The van der Waals surface area contributed by atoms with Crippen LogP contribution < -0.4 is 5.73 Å². The van der Waals surface area contributed by atoms with Gasteiger partial charge in [0.1, 0.15) is 16.4 Å². The van der Waals surface area contributed by atoms with E-state index in [0.29, 0.717) is 0 Å². The predicted octanol–water partition coefficient (Wildman–Crippen LogP) is 4.79. The van der Waals surface area contributed by atoms with Gasteiger partial charge in [-0.3, -0.25) is 4.40 Å². The Morgan fingerprint density at radius 2 is 1.56 bits per heavy atom. The van der Waals surface area contributed by atoms with E-state index in [0.717, 1.165) is 33.2 Å². The minimum Gasteiger partial charge on any atom is -0.323 e. The number of hydrogen-bond donors (Lipinski definition) is 1. The van der Waals surface area contributed by atoms with Crippen molar-refractivity contribution >= 4 is 17.4 Å². The summed E-state index contributed by atoms with van der Waals surface area (Å²) in [6.45, 7) is 0. The third-order valence-corrected chi connectivity index (χ3v) is 5.35. The van der Waals surface area contributed by atoms with Crippen molar-refractivity contribution in [3.63, 3.8) is 0 Å². The van der Waals surface area contributed by atoms with Crippen LogP contribution in [0.25, 0.3) is 16.9 Å². The standard InChI is InChI=1S/C21H19N3S/c22-18(16-9-3-1-4-10-16)15-25-21-20(17-11-5-2-6-12-17)23-19-13-7-8-14-24(19)21/h1-14,18H,15,22H2. The highest BCUT2D eigenvalue weighted by Gasteiger charge is 2.16. The van der Waals surface area contributed by atoms with Gasteiger partial charge in [-0.2, -0.15) is 0 Å². The Balaban J connectivity index is 1.68. The molecule has 0 aliphatic carbocycles. The molecule has 2 aromatic carbocycles. The summed E-state index contributed by atoms with van der Waals surface area (Å²) in [5, 5.41) is 1.13. The fourth-order valence-electron chi connectivity index (χ4n) is 2.86. The first-order valence-corrected chi connectivity index (χ1v) is 9.27. The zero-order valence-electron chi connectivity index (χ0n) is 13.7. The van der Waals surface area contributed by atoms with Crippen LogP contribution in [0.15, 0.2) is 90.1 Å². The minimum atomic E-state index is -0.0101. The van der Waals surface area contributed by atoms with Crippen LogP contribution in [-0.4, -0.2) is 15.1 Å². The molecule has 4 aromatic rings. The van der Waals surface area contributed by atoms with Crippen molar-refractivity contribution < 1.29 is 0 Å². The lowest BCUT2D eigenvalue weighted by Gasteiger charge is -2.12. The molecule has 0 saturated carbocycles. The molecule has 25 heavy (non-hydrogen) atoms. The summed E-state index contributed by atoms with van der Waals surface area (Å²) < 4.78 is 2.14.